The molecule has 0 aromatic heterocycles. The predicted octanol–water partition coefficient (Wildman–Crippen LogP) is 3.44. The largest absolute Gasteiger partial charge is 0.380 e. The Morgan fingerprint density at radius 1 is 1.19 bits per heavy atom. The topological polar surface area (TPSA) is 12.5 Å². The van der Waals surface area contributed by atoms with Crippen LogP contribution in [0.3, 0.4) is 0 Å². The van der Waals surface area contributed by atoms with Gasteiger partial charge in [0.05, 0.1) is 6.61 Å². The molecule has 1 aliphatic rings. The van der Waals surface area contributed by atoms with Gasteiger partial charge in [-0.05, 0) is 32.2 Å². The molecule has 0 aliphatic heterocycles. The highest BCUT2D eigenvalue weighted by molar-refractivity contribution is 9.09. The molecule has 0 unspecified atom stereocenters. The quantitative estimate of drug-likeness (QED) is 0.452. The number of unbranched alkanes of at least 4 members (excludes halogenated alkanes) is 1. The van der Waals surface area contributed by atoms with Gasteiger partial charge in [0, 0.05) is 24.5 Å². The van der Waals surface area contributed by atoms with E-state index in [1.807, 2.05) is 0 Å². The van der Waals surface area contributed by atoms with E-state index in [9.17, 15) is 0 Å². The first-order valence-electron chi connectivity index (χ1n) is 6.76. The van der Waals surface area contributed by atoms with Gasteiger partial charge in [-0.25, -0.2) is 0 Å². The Balaban J connectivity index is 2.06. The van der Waals surface area contributed by atoms with Crippen LogP contribution in [0.25, 0.3) is 0 Å². The van der Waals surface area contributed by atoms with E-state index in [0.29, 0.717) is 0 Å². The molecule has 1 rings (SSSR count). The van der Waals surface area contributed by atoms with E-state index in [2.05, 4.69) is 27.8 Å². The van der Waals surface area contributed by atoms with Gasteiger partial charge in [0.25, 0.3) is 0 Å². The number of nitrogens with zero attached hydrogens (tertiary/aromatic N) is 1. The Hall–Kier alpha value is 0.400. The van der Waals surface area contributed by atoms with Crippen LogP contribution >= 0.6 is 15.9 Å². The van der Waals surface area contributed by atoms with Gasteiger partial charge in [-0.3, -0.25) is 4.90 Å². The third-order valence-corrected chi connectivity index (χ3v) is 3.90. The van der Waals surface area contributed by atoms with Crippen molar-refractivity contribution in [2.45, 2.75) is 51.5 Å². The van der Waals surface area contributed by atoms with Gasteiger partial charge in [0.1, 0.15) is 0 Å². The van der Waals surface area contributed by atoms with E-state index in [1.165, 1.54) is 45.1 Å². The fourth-order valence-corrected chi connectivity index (χ4v) is 2.27. The number of ether oxygens (including phenoxy) is 1. The van der Waals surface area contributed by atoms with Crippen LogP contribution in [-0.4, -0.2) is 42.6 Å². The first kappa shape index (κ1) is 14.5. The SMILES string of the molecule is CCCCOCCN(CCCBr)C1CCC1. The summed E-state index contributed by atoms with van der Waals surface area (Å²) in [7, 11) is 0. The van der Waals surface area contributed by atoms with Crippen molar-refractivity contribution in [1.29, 1.82) is 0 Å². The highest BCUT2D eigenvalue weighted by Crippen LogP contribution is 2.24. The smallest absolute Gasteiger partial charge is 0.0593 e. The zero-order valence-electron chi connectivity index (χ0n) is 10.6. The molecule has 1 saturated carbocycles. The molecule has 1 aliphatic carbocycles. The molecular weight excluding hydrogens is 266 g/mol. The first-order valence-corrected chi connectivity index (χ1v) is 7.88. The molecule has 0 spiro atoms. The Labute approximate surface area is 109 Å². The molecule has 0 saturated heterocycles. The van der Waals surface area contributed by atoms with Crippen molar-refractivity contribution in [3.63, 3.8) is 0 Å². The van der Waals surface area contributed by atoms with Crippen LogP contribution in [0.1, 0.15) is 45.4 Å². The van der Waals surface area contributed by atoms with Crippen molar-refractivity contribution in [1.82, 2.24) is 4.90 Å². The van der Waals surface area contributed by atoms with Gasteiger partial charge in [-0.15, -0.1) is 0 Å². The highest BCUT2D eigenvalue weighted by atomic mass is 79.9. The van der Waals surface area contributed by atoms with Crippen LogP contribution < -0.4 is 0 Å². The Morgan fingerprint density at radius 3 is 2.56 bits per heavy atom. The Morgan fingerprint density at radius 2 is 2.00 bits per heavy atom. The summed E-state index contributed by atoms with van der Waals surface area (Å²) < 4.78 is 5.65. The molecule has 2 nitrogen and oxygen atoms in total. The molecule has 1 fully saturated rings. The van der Waals surface area contributed by atoms with E-state index in [0.717, 1.165) is 31.1 Å². The maximum absolute atomic E-state index is 5.65. The Kier molecular flexibility index (Phi) is 8.52. The lowest BCUT2D eigenvalue weighted by molar-refractivity contribution is 0.0634. The fourth-order valence-electron chi connectivity index (χ4n) is 2.02. The number of hydrogen-bond donors (Lipinski definition) is 0. The maximum atomic E-state index is 5.65. The molecule has 0 atom stereocenters. The molecule has 0 N–H and O–H groups in total. The molecule has 0 bridgehead atoms. The first-order chi connectivity index (χ1) is 7.88. The predicted molar refractivity (Wildman–Crippen MR) is 73.4 cm³/mol. The van der Waals surface area contributed by atoms with Gasteiger partial charge in [-0.1, -0.05) is 35.7 Å². The van der Waals surface area contributed by atoms with E-state index in [4.69, 9.17) is 4.74 Å². The van der Waals surface area contributed by atoms with Gasteiger partial charge in [-0.2, -0.15) is 0 Å². The van der Waals surface area contributed by atoms with Crippen molar-refractivity contribution < 1.29 is 4.74 Å². The Bertz CT molecular complexity index is 162. The molecule has 16 heavy (non-hydrogen) atoms. The van der Waals surface area contributed by atoms with Crippen LogP contribution in [0.4, 0.5) is 0 Å². The summed E-state index contributed by atoms with van der Waals surface area (Å²) in [4.78, 5) is 2.62. The maximum Gasteiger partial charge on any atom is 0.0593 e. The van der Waals surface area contributed by atoms with E-state index in [1.54, 1.807) is 0 Å². The minimum atomic E-state index is 0.855. The monoisotopic (exact) mass is 291 g/mol. The van der Waals surface area contributed by atoms with Gasteiger partial charge in [0.2, 0.25) is 0 Å². The lowest BCUT2D eigenvalue weighted by atomic mass is 9.91. The average molecular weight is 292 g/mol. The molecule has 0 aromatic carbocycles. The van der Waals surface area contributed by atoms with Crippen LogP contribution in [-0.2, 0) is 4.74 Å². The molecule has 0 amide bonds. The van der Waals surface area contributed by atoms with E-state index < -0.39 is 0 Å². The molecule has 0 heterocycles. The molecule has 0 aromatic rings. The van der Waals surface area contributed by atoms with Crippen molar-refractivity contribution in [2.75, 3.05) is 31.6 Å². The lowest BCUT2D eigenvalue weighted by Gasteiger charge is -2.37. The van der Waals surface area contributed by atoms with Gasteiger partial charge < -0.3 is 4.74 Å². The van der Waals surface area contributed by atoms with Gasteiger partial charge >= 0.3 is 0 Å². The van der Waals surface area contributed by atoms with E-state index in [-0.39, 0.29) is 0 Å². The molecule has 96 valence electrons. The molecule has 3 heteroatoms. The highest BCUT2D eigenvalue weighted by Gasteiger charge is 2.23. The summed E-state index contributed by atoms with van der Waals surface area (Å²) in [5.74, 6) is 0. The van der Waals surface area contributed by atoms with Gasteiger partial charge in [0.15, 0.2) is 0 Å². The normalized spacial score (nSPS) is 16.7. The second-order valence-electron chi connectivity index (χ2n) is 4.63. The summed E-state index contributed by atoms with van der Waals surface area (Å²) in [5, 5.41) is 1.12. The molecule has 0 radical (unpaired) electrons. The average Bonchev–Trinajstić information content (AvgIpc) is 2.22. The van der Waals surface area contributed by atoms with Crippen molar-refractivity contribution in [3.8, 4) is 0 Å². The van der Waals surface area contributed by atoms with Crippen LogP contribution in [0.5, 0.6) is 0 Å². The zero-order chi connectivity index (χ0) is 11.6. The zero-order valence-corrected chi connectivity index (χ0v) is 12.2. The van der Waals surface area contributed by atoms with Crippen LogP contribution in [0, 0.1) is 0 Å². The lowest BCUT2D eigenvalue weighted by Crippen LogP contribution is -2.42. The van der Waals surface area contributed by atoms with Crippen molar-refractivity contribution in [3.05, 3.63) is 0 Å². The minimum absolute atomic E-state index is 0.855. The minimum Gasteiger partial charge on any atom is -0.380 e. The summed E-state index contributed by atoms with van der Waals surface area (Å²) in [6.45, 7) is 6.42. The number of halogens is 1. The fraction of sp³-hybridized carbons (Fsp3) is 1.00. The summed E-state index contributed by atoms with van der Waals surface area (Å²) in [6.07, 6.45) is 7.91. The number of alkyl halides is 1. The third kappa shape index (κ3) is 5.65. The number of hydrogen-bond acceptors (Lipinski definition) is 2. The summed E-state index contributed by atoms with van der Waals surface area (Å²) in [6, 6.07) is 0.855. The van der Waals surface area contributed by atoms with Crippen molar-refractivity contribution >= 4 is 15.9 Å². The standard InChI is InChI=1S/C13H26BrNO/c1-2-3-11-16-12-10-15(9-5-8-14)13-6-4-7-13/h13H,2-12H2,1H3. The summed E-state index contributed by atoms with van der Waals surface area (Å²) >= 11 is 3.51. The molecular formula is C13H26BrNO. The van der Waals surface area contributed by atoms with Crippen LogP contribution in [0.15, 0.2) is 0 Å². The number of rotatable bonds is 10. The summed E-state index contributed by atoms with van der Waals surface area (Å²) in [5.41, 5.74) is 0. The second kappa shape index (κ2) is 9.43. The second-order valence-corrected chi connectivity index (χ2v) is 5.42. The third-order valence-electron chi connectivity index (χ3n) is 3.34. The van der Waals surface area contributed by atoms with Crippen molar-refractivity contribution in [2.24, 2.45) is 0 Å². The van der Waals surface area contributed by atoms with E-state index >= 15 is 0 Å². The van der Waals surface area contributed by atoms with Crippen LogP contribution in [0.2, 0.25) is 0 Å².